The largest absolute Gasteiger partial charge is 0.395 e. The number of hydrogen-bond acceptors (Lipinski definition) is 3. The molecular formula is C13H26N2O2. The van der Waals surface area contributed by atoms with Crippen molar-refractivity contribution in [1.82, 2.24) is 10.2 Å². The Bertz CT molecular complexity index is 238. The molecule has 0 aromatic rings. The molecule has 1 unspecified atom stereocenters. The fraction of sp³-hybridized carbons (Fsp3) is 0.923. The number of amides is 1. The van der Waals surface area contributed by atoms with E-state index in [4.69, 9.17) is 5.11 Å². The third kappa shape index (κ3) is 4.28. The number of aliphatic hydroxyl groups excluding tert-OH is 1. The molecule has 0 spiro atoms. The molecule has 1 amide bonds. The van der Waals surface area contributed by atoms with Crippen molar-refractivity contribution in [3.8, 4) is 0 Å². The lowest BCUT2D eigenvalue weighted by Gasteiger charge is -2.31. The summed E-state index contributed by atoms with van der Waals surface area (Å²) >= 11 is 0. The molecule has 100 valence electrons. The molecule has 0 aromatic heterocycles. The van der Waals surface area contributed by atoms with Gasteiger partial charge in [0.15, 0.2) is 0 Å². The van der Waals surface area contributed by atoms with E-state index < -0.39 is 0 Å². The first kappa shape index (κ1) is 14.5. The third-order valence-corrected chi connectivity index (χ3v) is 3.60. The van der Waals surface area contributed by atoms with Crippen LogP contribution in [0.25, 0.3) is 0 Å². The van der Waals surface area contributed by atoms with Crippen LogP contribution < -0.4 is 5.32 Å². The minimum atomic E-state index is -0.164. The Morgan fingerprint density at radius 3 is 2.41 bits per heavy atom. The van der Waals surface area contributed by atoms with Crippen molar-refractivity contribution >= 4 is 5.91 Å². The van der Waals surface area contributed by atoms with Crippen LogP contribution in [0.3, 0.4) is 0 Å². The normalized spacial score (nSPS) is 18.9. The maximum absolute atomic E-state index is 12.1. The van der Waals surface area contributed by atoms with E-state index >= 15 is 0 Å². The van der Waals surface area contributed by atoms with Gasteiger partial charge in [-0.1, -0.05) is 12.8 Å². The fourth-order valence-corrected chi connectivity index (χ4v) is 2.56. The lowest BCUT2D eigenvalue weighted by Crippen LogP contribution is -2.50. The van der Waals surface area contributed by atoms with Crippen LogP contribution in [0.4, 0.5) is 0 Å². The van der Waals surface area contributed by atoms with Crippen LogP contribution in [0.1, 0.15) is 46.5 Å². The van der Waals surface area contributed by atoms with Crippen LogP contribution in [-0.4, -0.2) is 47.2 Å². The van der Waals surface area contributed by atoms with E-state index in [1.165, 1.54) is 12.8 Å². The standard InChI is InChI=1S/C13H26N2O2/c1-10(2)15(8-9-16)11(3)13(17)14-12-6-4-5-7-12/h10-12,16H,4-9H2,1-3H3,(H,14,17). The van der Waals surface area contributed by atoms with Gasteiger partial charge >= 0.3 is 0 Å². The average molecular weight is 242 g/mol. The molecule has 0 aliphatic heterocycles. The Kier molecular flexibility index (Phi) is 5.92. The molecule has 0 aromatic carbocycles. The second-order valence-electron chi connectivity index (χ2n) is 5.22. The van der Waals surface area contributed by atoms with E-state index in [0.29, 0.717) is 12.6 Å². The van der Waals surface area contributed by atoms with Crippen LogP contribution >= 0.6 is 0 Å². The Morgan fingerprint density at radius 2 is 1.94 bits per heavy atom. The molecule has 2 N–H and O–H groups in total. The van der Waals surface area contributed by atoms with Gasteiger partial charge in [-0.3, -0.25) is 9.69 Å². The number of carbonyl (C=O) groups excluding carboxylic acids is 1. The zero-order valence-corrected chi connectivity index (χ0v) is 11.3. The highest BCUT2D eigenvalue weighted by Crippen LogP contribution is 2.18. The van der Waals surface area contributed by atoms with Gasteiger partial charge in [-0.05, 0) is 33.6 Å². The summed E-state index contributed by atoms with van der Waals surface area (Å²) in [6.07, 6.45) is 4.67. The minimum Gasteiger partial charge on any atom is -0.395 e. The highest BCUT2D eigenvalue weighted by molar-refractivity contribution is 5.81. The van der Waals surface area contributed by atoms with Gasteiger partial charge in [-0.25, -0.2) is 0 Å². The Balaban J connectivity index is 2.47. The number of rotatable bonds is 6. The predicted octanol–water partition coefficient (Wildman–Crippen LogP) is 1.14. The molecule has 17 heavy (non-hydrogen) atoms. The van der Waals surface area contributed by atoms with Crippen molar-refractivity contribution in [3.63, 3.8) is 0 Å². The molecule has 1 atom stereocenters. The van der Waals surface area contributed by atoms with Crippen molar-refractivity contribution in [1.29, 1.82) is 0 Å². The number of carbonyl (C=O) groups is 1. The van der Waals surface area contributed by atoms with Gasteiger partial charge in [-0.2, -0.15) is 0 Å². The van der Waals surface area contributed by atoms with E-state index in [0.717, 1.165) is 12.8 Å². The maximum atomic E-state index is 12.1. The van der Waals surface area contributed by atoms with E-state index in [-0.39, 0.29) is 24.6 Å². The molecular weight excluding hydrogens is 216 g/mol. The number of nitrogens with one attached hydrogen (secondary N) is 1. The van der Waals surface area contributed by atoms with Crippen molar-refractivity contribution < 1.29 is 9.90 Å². The molecule has 0 radical (unpaired) electrons. The summed E-state index contributed by atoms with van der Waals surface area (Å²) in [5.74, 6) is 0.0963. The van der Waals surface area contributed by atoms with Gasteiger partial charge in [0.1, 0.15) is 0 Å². The summed E-state index contributed by atoms with van der Waals surface area (Å²) in [7, 11) is 0. The zero-order chi connectivity index (χ0) is 12.8. The van der Waals surface area contributed by atoms with Gasteiger partial charge in [0.2, 0.25) is 5.91 Å². The van der Waals surface area contributed by atoms with Crippen molar-refractivity contribution in [2.75, 3.05) is 13.2 Å². The van der Waals surface area contributed by atoms with Gasteiger partial charge in [0.05, 0.1) is 12.6 Å². The van der Waals surface area contributed by atoms with E-state index in [2.05, 4.69) is 19.2 Å². The van der Waals surface area contributed by atoms with E-state index in [9.17, 15) is 4.79 Å². The van der Waals surface area contributed by atoms with E-state index in [1.807, 2.05) is 11.8 Å². The minimum absolute atomic E-state index is 0.0963. The van der Waals surface area contributed by atoms with Crippen LogP contribution in [0.5, 0.6) is 0 Å². The summed E-state index contributed by atoms with van der Waals surface area (Å²) in [5, 5.41) is 12.1. The van der Waals surface area contributed by atoms with Gasteiger partial charge in [0.25, 0.3) is 0 Å². The van der Waals surface area contributed by atoms with E-state index in [1.54, 1.807) is 0 Å². The van der Waals surface area contributed by atoms with Crippen LogP contribution in [0, 0.1) is 0 Å². The van der Waals surface area contributed by atoms with Gasteiger partial charge < -0.3 is 10.4 Å². The molecule has 0 bridgehead atoms. The SMILES string of the molecule is CC(C)N(CCO)C(C)C(=O)NC1CCCC1. The molecule has 1 saturated carbocycles. The second kappa shape index (κ2) is 6.97. The van der Waals surface area contributed by atoms with Crippen LogP contribution in [0.2, 0.25) is 0 Å². The Labute approximate surface area is 104 Å². The molecule has 0 saturated heterocycles. The summed E-state index contributed by atoms with van der Waals surface area (Å²) in [5.41, 5.74) is 0. The van der Waals surface area contributed by atoms with Crippen LogP contribution in [-0.2, 0) is 4.79 Å². The smallest absolute Gasteiger partial charge is 0.237 e. The molecule has 1 fully saturated rings. The third-order valence-electron chi connectivity index (χ3n) is 3.60. The fourth-order valence-electron chi connectivity index (χ4n) is 2.56. The quantitative estimate of drug-likeness (QED) is 0.734. The van der Waals surface area contributed by atoms with Crippen molar-refractivity contribution in [2.24, 2.45) is 0 Å². The van der Waals surface area contributed by atoms with Crippen molar-refractivity contribution in [2.45, 2.75) is 64.6 Å². The van der Waals surface area contributed by atoms with Crippen molar-refractivity contribution in [3.05, 3.63) is 0 Å². The molecule has 4 nitrogen and oxygen atoms in total. The highest BCUT2D eigenvalue weighted by Gasteiger charge is 2.25. The Hall–Kier alpha value is -0.610. The highest BCUT2D eigenvalue weighted by atomic mass is 16.3. The van der Waals surface area contributed by atoms with Crippen LogP contribution in [0.15, 0.2) is 0 Å². The lowest BCUT2D eigenvalue weighted by molar-refractivity contribution is -0.127. The monoisotopic (exact) mass is 242 g/mol. The molecule has 4 heteroatoms. The summed E-state index contributed by atoms with van der Waals surface area (Å²) in [4.78, 5) is 14.1. The lowest BCUT2D eigenvalue weighted by atomic mass is 10.1. The topological polar surface area (TPSA) is 52.6 Å². The Morgan fingerprint density at radius 1 is 1.35 bits per heavy atom. The molecule has 0 heterocycles. The summed E-state index contributed by atoms with van der Waals surface area (Å²) in [6, 6.07) is 0.474. The van der Waals surface area contributed by atoms with Gasteiger partial charge in [0, 0.05) is 18.6 Å². The number of hydrogen-bond donors (Lipinski definition) is 2. The number of nitrogens with zero attached hydrogens (tertiary/aromatic N) is 1. The molecule has 1 rings (SSSR count). The molecule has 1 aliphatic rings. The molecule has 1 aliphatic carbocycles. The zero-order valence-electron chi connectivity index (χ0n) is 11.3. The average Bonchev–Trinajstić information content (AvgIpc) is 2.77. The second-order valence-corrected chi connectivity index (χ2v) is 5.22. The first-order chi connectivity index (χ1) is 8.06. The summed E-state index contributed by atoms with van der Waals surface area (Å²) in [6.45, 7) is 6.67. The van der Waals surface area contributed by atoms with Gasteiger partial charge in [-0.15, -0.1) is 0 Å². The first-order valence-corrected chi connectivity index (χ1v) is 6.73. The summed E-state index contributed by atoms with van der Waals surface area (Å²) < 4.78 is 0. The maximum Gasteiger partial charge on any atom is 0.237 e. The predicted molar refractivity (Wildman–Crippen MR) is 68.8 cm³/mol. The number of aliphatic hydroxyl groups is 1. The first-order valence-electron chi connectivity index (χ1n) is 6.73.